The second-order valence-corrected chi connectivity index (χ2v) is 6.12. The van der Waals surface area contributed by atoms with Crippen LogP contribution in [0.2, 0.25) is 0 Å². The van der Waals surface area contributed by atoms with Crippen LogP contribution in [0.1, 0.15) is 33.1 Å². The van der Waals surface area contributed by atoms with E-state index in [1.807, 2.05) is 6.92 Å². The first-order chi connectivity index (χ1) is 7.79. The van der Waals surface area contributed by atoms with Crippen molar-refractivity contribution in [1.29, 1.82) is 5.26 Å². The summed E-state index contributed by atoms with van der Waals surface area (Å²) >= 11 is 0. The van der Waals surface area contributed by atoms with Crippen molar-refractivity contribution in [3.63, 3.8) is 0 Å². The monoisotopic (exact) mass is 262 g/mol. The summed E-state index contributed by atoms with van der Waals surface area (Å²) in [6, 6.07) is 1.66. The molecule has 0 radical (unpaired) electrons. The molecule has 0 saturated heterocycles. The molecule has 2 N–H and O–H groups in total. The van der Waals surface area contributed by atoms with Gasteiger partial charge in [0.1, 0.15) is 0 Å². The van der Waals surface area contributed by atoms with Crippen molar-refractivity contribution in [2.45, 2.75) is 38.4 Å². The first-order valence-electron chi connectivity index (χ1n) is 5.39. The van der Waals surface area contributed by atoms with Gasteiger partial charge in [0.2, 0.25) is 10.0 Å². The SMILES string of the molecule is CC(CCNS(=O)(=O)C(C)C#N)CCC(=O)O. The lowest BCUT2D eigenvalue weighted by Crippen LogP contribution is -2.33. The fraction of sp³-hybridized carbons (Fsp3) is 0.800. The van der Waals surface area contributed by atoms with Crippen LogP contribution >= 0.6 is 0 Å². The van der Waals surface area contributed by atoms with Crippen molar-refractivity contribution in [3.05, 3.63) is 0 Å². The van der Waals surface area contributed by atoms with Crippen molar-refractivity contribution in [3.8, 4) is 6.07 Å². The number of hydrogen-bond acceptors (Lipinski definition) is 4. The molecule has 0 aliphatic rings. The Hall–Kier alpha value is -1.13. The number of nitrogens with zero attached hydrogens (tertiary/aromatic N) is 1. The summed E-state index contributed by atoms with van der Waals surface area (Å²) in [4.78, 5) is 10.3. The molecule has 2 unspecified atom stereocenters. The van der Waals surface area contributed by atoms with E-state index < -0.39 is 21.2 Å². The fourth-order valence-corrected chi connectivity index (χ4v) is 1.95. The van der Waals surface area contributed by atoms with Gasteiger partial charge in [-0.05, 0) is 25.7 Å². The number of aliphatic carboxylic acids is 1. The van der Waals surface area contributed by atoms with Gasteiger partial charge in [-0.15, -0.1) is 0 Å². The van der Waals surface area contributed by atoms with Gasteiger partial charge in [0.05, 0.1) is 6.07 Å². The third-order valence-electron chi connectivity index (χ3n) is 2.44. The molecule has 0 fully saturated rings. The smallest absolute Gasteiger partial charge is 0.303 e. The van der Waals surface area contributed by atoms with Gasteiger partial charge in [-0.2, -0.15) is 5.26 Å². The van der Waals surface area contributed by atoms with Gasteiger partial charge >= 0.3 is 5.97 Å². The zero-order chi connectivity index (χ0) is 13.5. The standard InChI is InChI=1S/C10H18N2O4S/c1-8(3-4-10(13)14)5-6-12-17(15,16)9(2)7-11/h8-9,12H,3-6H2,1-2H3,(H,13,14). The number of hydrogen-bond donors (Lipinski definition) is 2. The van der Waals surface area contributed by atoms with E-state index in [2.05, 4.69) is 4.72 Å². The van der Waals surface area contributed by atoms with Crippen molar-refractivity contribution in [2.75, 3.05) is 6.54 Å². The van der Waals surface area contributed by atoms with Gasteiger partial charge in [-0.3, -0.25) is 4.79 Å². The molecule has 0 bridgehead atoms. The Balaban J connectivity index is 3.92. The highest BCUT2D eigenvalue weighted by Crippen LogP contribution is 2.09. The van der Waals surface area contributed by atoms with Crippen LogP contribution in [0.5, 0.6) is 0 Å². The quantitative estimate of drug-likeness (QED) is 0.669. The summed E-state index contributed by atoms with van der Waals surface area (Å²) < 4.78 is 25.1. The number of nitrogens with one attached hydrogen (secondary N) is 1. The molecule has 0 amide bonds. The van der Waals surface area contributed by atoms with Crippen LogP contribution < -0.4 is 4.72 Å². The number of carboxylic acid groups (broad SMARTS) is 1. The molecule has 17 heavy (non-hydrogen) atoms. The molecule has 0 heterocycles. The maximum Gasteiger partial charge on any atom is 0.303 e. The van der Waals surface area contributed by atoms with Crippen molar-refractivity contribution >= 4 is 16.0 Å². The Morgan fingerprint density at radius 1 is 1.41 bits per heavy atom. The maximum absolute atomic E-state index is 11.4. The Morgan fingerprint density at radius 3 is 2.47 bits per heavy atom. The average Bonchev–Trinajstić information content (AvgIpc) is 2.24. The van der Waals surface area contributed by atoms with Crippen LogP contribution in [0.15, 0.2) is 0 Å². The molecule has 7 heteroatoms. The first-order valence-corrected chi connectivity index (χ1v) is 6.94. The normalized spacial score (nSPS) is 14.9. The molecule has 0 aromatic rings. The minimum Gasteiger partial charge on any atom is -0.481 e. The van der Waals surface area contributed by atoms with E-state index in [9.17, 15) is 13.2 Å². The van der Waals surface area contributed by atoms with Crippen LogP contribution in [0.25, 0.3) is 0 Å². The largest absolute Gasteiger partial charge is 0.481 e. The molecule has 98 valence electrons. The second kappa shape index (κ2) is 7.25. The molecule has 0 aliphatic carbocycles. The minimum absolute atomic E-state index is 0.0858. The molecule has 0 saturated carbocycles. The molecular formula is C10H18N2O4S. The number of carbonyl (C=O) groups is 1. The summed E-state index contributed by atoms with van der Waals surface area (Å²) in [5, 5.41) is 15.9. The Kier molecular flexibility index (Phi) is 6.76. The average molecular weight is 262 g/mol. The topological polar surface area (TPSA) is 107 Å². The zero-order valence-electron chi connectivity index (χ0n) is 10.0. The molecule has 0 aromatic heterocycles. The van der Waals surface area contributed by atoms with E-state index in [-0.39, 0.29) is 18.9 Å². The molecule has 6 nitrogen and oxygen atoms in total. The third-order valence-corrected chi connectivity index (χ3v) is 4.08. The minimum atomic E-state index is -3.56. The number of carboxylic acids is 1. The summed E-state index contributed by atoms with van der Waals surface area (Å²) in [6.45, 7) is 3.41. The van der Waals surface area contributed by atoms with Gasteiger partial charge in [0.15, 0.2) is 5.25 Å². The molecule has 0 aliphatic heterocycles. The summed E-state index contributed by atoms with van der Waals surface area (Å²) in [6.07, 6.45) is 1.16. The van der Waals surface area contributed by atoms with E-state index in [1.165, 1.54) is 6.92 Å². The summed E-state index contributed by atoms with van der Waals surface area (Å²) in [7, 11) is -3.56. The predicted octanol–water partition coefficient (Wildman–Crippen LogP) is 0.709. The number of sulfonamides is 1. The molecular weight excluding hydrogens is 244 g/mol. The summed E-state index contributed by atoms with van der Waals surface area (Å²) in [5.41, 5.74) is 0. The van der Waals surface area contributed by atoms with Gasteiger partial charge in [-0.25, -0.2) is 13.1 Å². The molecule has 0 aromatic carbocycles. The lowest BCUT2D eigenvalue weighted by Gasteiger charge is -2.11. The first kappa shape index (κ1) is 15.9. The Labute approximate surface area is 102 Å². The third kappa shape index (κ3) is 6.92. The number of rotatable bonds is 8. The molecule has 2 atom stereocenters. The lowest BCUT2D eigenvalue weighted by molar-refractivity contribution is -0.137. The highest BCUT2D eigenvalue weighted by molar-refractivity contribution is 7.90. The van der Waals surface area contributed by atoms with E-state index in [1.54, 1.807) is 6.07 Å². The Bertz CT molecular complexity index is 386. The van der Waals surface area contributed by atoms with Gasteiger partial charge < -0.3 is 5.11 Å². The van der Waals surface area contributed by atoms with Crippen LogP contribution in [0, 0.1) is 17.2 Å². The lowest BCUT2D eigenvalue weighted by atomic mass is 10.0. The van der Waals surface area contributed by atoms with Crippen molar-refractivity contribution < 1.29 is 18.3 Å². The Morgan fingerprint density at radius 2 is 2.00 bits per heavy atom. The van der Waals surface area contributed by atoms with E-state index in [4.69, 9.17) is 10.4 Å². The fourth-order valence-electron chi connectivity index (χ4n) is 1.16. The van der Waals surface area contributed by atoms with E-state index in [0.29, 0.717) is 12.8 Å². The molecule has 0 rings (SSSR count). The number of nitriles is 1. The van der Waals surface area contributed by atoms with Gasteiger partial charge in [0, 0.05) is 13.0 Å². The van der Waals surface area contributed by atoms with Gasteiger partial charge in [0.25, 0.3) is 0 Å². The van der Waals surface area contributed by atoms with E-state index in [0.717, 1.165) is 0 Å². The van der Waals surface area contributed by atoms with Crippen LogP contribution in [0.4, 0.5) is 0 Å². The second-order valence-electron chi connectivity index (χ2n) is 4.04. The maximum atomic E-state index is 11.4. The van der Waals surface area contributed by atoms with Crippen molar-refractivity contribution in [1.82, 2.24) is 4.72 Å². The van der Waals surface area contributed by atoms with Gasteiger partial charge in [-0.1, -0.05) is 6.92 Å². The zero-order valence-corrected chi connectivity index (χ0v) is 10.8. The van der Waals surface area contributed by atoms with Crippen molar-refractivity contribution in [2.24, 2.45) is 5.92 Å². The van der Waals surface area contributed by atoms with E-state index >= 15 is 0 Å². The van der Waals surface area contributed by atoms with Crippen LogP contribution in [-0.2, 0) is 14.8 Å². The highest BCUT2D eigenvalue weighted by atomic mass is 32.2. The highest BCUT2D eigenvalue weighted by Gasteiger charge is 2.19. The summed E-state index contributed by atoms with van der Waals surface area (Å²) in [5.74, 6) is -0.721. The van der Waals surface area contributed by atoms with Crippen LogP contribution in [-0.4, -0.2) is 31.3 Å². The van der Waals surface area contributed by atoms with Crippen LogP contribution in [0.3, 0.4) is 0 Å². The molecule has 0 spiro atoms. The predicted molar refractivity (Wildman–Crippen MR) is 62.6 cm³/mol.